The Morgan fingerprint density at radius 2 is 1.91 bits per heavy atom. The van der Waals surface area contributed by atoms with Crippen LogP contribution in [0.5, 0.6) is 0 Å². The maximum atomic E-state index is 12.6. The number of methoxy groups -OCH3 is 1. The van der Waals surface area contributed by atoms with Crippen LogP contribution in [0.2, 0.25) is 18.1 Å². The van der Waals surface area contributed by atoms with Gasteiger partial charge < -0.3 is 9.16 Å². The van der Waals surface area contributed by atoms with Crippen molar-refractivity contribution >= 4 is 53.8 Å². The average Bonchev–Trinajstić information content (AvgIpc) is 3.14. The van der Waals surface area contributed by atoms with Gasteiger partial charge in [0.1, 0.15) is 4.88 Å². The normalized spacial score (nSPS) is 23.2. The third-order valence-corrected chi connectivity index (χ3v) is 14.5. The fourth-order valence-electron chi connectivity index (χ4n) is 4.82. The summed E-state index contributed by atoms with van der Waals surface area (Å²) in [6, 6.07) is 2.20. The van der Waals surface area contributed by atoms with Crippen LogP contribution < -0.4 is 0 Å². The molecule has 2 heterocycles. The molecule has 0 N–H and O–H groups in total. The van der Waals surface area contributed by atoms with Crippen molar-refractivity contribution in [3.8, 4) is 0 Å². The summed E-state index contributed by atoms with van der Waals surface area (Å²) in [6.07, 6.45) is 6.29. The van der Waals surface area contributed by atoms with Crippen LogP contribution in [0.25, 0.3) is 5.57 Å². The lowest BCUT2D eigenvalue weighted by Crippen LogP contribution is -2.43. The first-order valence-corrected chi connectivity index (χ1v) is 17.2. The predicted octanol–water partition coefficient (Wildman–Crippen LogP) is 7.45. The van der Waals surface area contributed by atoms with Gasteiger partial charge in [-0.05, 0) is 83.5 Å². The smallest absolute Gasteiger partial charge is 0.348 e. The van der Waals surface area contributed by atoms with E-state index < -0.39 is 8.32 Å². The third-order valence-electron chi connectivity index (χ3n) is 8.05. The quantitative estimate of drug-likeness (QED) is 0.184. The maximum Gasteiger partial charge on any atom is 0.348 e. The molecule has 1 aliphatic carbocycles. The molecule has 1 aliphatic heterocycles. The Labute approximate surface area is 219 Å². The van der Waals surface area contributed by atoms with Crippen LogP contribution in [0.3, 0.4) is 0 Å². The SMILES string of the molecule is COC(=O)c1sc(I)cc1C1=C(C2CCC(C)CC2)CCN(CCO[Si](C)(C)C(C)(C)C)C1. The summed E-state index contributed by atoms with van der Waals surface area (Å²) in [4.78, 5) is 15.9. The minimum atomic E-state index is -1.74. The molecule has 33 heavy (non-hydrogen) atoms. The summed E-state index contributed by atoms with van der Waals surface area (Å²) >= 11 is 3.89. The van der Waals surface area contributed by atoms with Gasteiger partial charge >= 0.3 is 5.97 Å². The van der Waals surface area contributed by atoms with Crippen LogP contribution in [0.1, 0.15) is 75.0 Å². The summed E-state index contributed by atoms with van der Waals surface area (Å²) in [6.45, 7) is 17.6. The largest absolute Gasteiger partial charge is 0.465 e. The molecule has 0 atom stereocenters. The lowest BCUT2D eigenvalue weighted by Gasteiger charge is -2.39. The van der Waals surface area contributed by atoms with Crippen molar-refractivity contribution in [1.29, 1.82) is 0 Å². The highest BCUT2D eigenvalue weighted by Crippen LogP contribution is 2.42. The Bertz CT molecular complexity index is 865. The Morgan fingerprint density at radius 3 is 2.52 bits per heavy atom. The van der Waals surface area contributed by atoms with Gasteiger partial charge in [-0.2, -0.15) is 0 Å². The van der Waals surface area contributed by atoms with Gasteiger partial charge in [-0.15, -0.1) is 11.3 Å². The molecule has 3 rings (SSSR count). The number of carbonyl (C=O) groups excluding carboxylic acids is 1. The van der Waals surface area contributed by atoms with E-state index in [0.29, 0.717) is 5.92 Å². The molecule has 0 aromatic carbocycles. The van der Waals surface area contributed by atoms with Crippen LogP contribution >= 0.6 is 33.9 Å². The fourth-order valence-corrected chi connectivity index (χ4v) is 7.65. The van der Waals surface area contributed by atoms with Crippen molar-refractivity contribution in [2.75, 3.05) is 33.4 Å². The summed E-state index contributed by atoms with van der Waals surface area (Å²) in [7, 11) is -0.254. The summed E-state index contributed by atoms with van der Waals surface area (Å²) in [5.41, 5.74) is 4.09. The molecule has 7 heteroatoms. The first-order valence-electron chi connectivity index (χ1n) is 12.4. The number of esters is 1. The van der Waals surface area contributed by atoms with Gasteiger partial charge in [0.25, 0.3) is 0 Å². The van der Waals surface area contributed by atoms with Crippen molar-refractivity contribution in [1.82, 2.24) is 4.90 Å². The van der Waals surface area contributed by atoms with Gasteiger partial charge in [0.2, 0.25) is 0 Å². The van der Waals surface area contributed by atoms with Crippen molar-refractivity contribution < 1.29 is 14.0 Å². The zero-order chi connectivity index (χ0) is 24.4. The number of thiophene rings is 1. The third kappa shape index (κ3) is 6.71. The number of rotatable bonds is 7. The van der Waals surface area contributed by atoms with Crippen molar-refractivity contribution in [2.24, 2.45) is 11.8 Å². The summed E-state index contributed by atoms with van der Waals surface area (Å²) in [5, 5.41) is 0.230. The molecule has 0 saturated heterocycles. The molecular formula is C26H42INO3SSi. The van der Waals surface area contributed by atoms with Gasteiger partial charge in [0.05, 0.1) is 9.99 Å². The average molecular weight is 604 g/mol. The second-order valence-electron chi connectivity index (χ2n) is 11.4. The van der Waals surface area contributed by atoms with Gasteiger partial charge in [-0.1, -0.05) is 46.1 Å². The van der Waals surface area contributed by atoms with E-state index in [0.717, 1.165) is 51.9 Å². The molecule has 2 aliphatic rings. The van der Waals surface area contributed by atoms with E-state index in [1.165, 1.54) is 38.4 Å². The number of carbonyl (C=O) groups is 1. The summed E-state index contributed by atoms with van der Waals surface area (Å²) in [5.74, 6) is 1.29. The van der Waals surface area contributed by atoms with Crippen LogP contribution in [0.15, 0.2) is 11.6 Å². The highest BCUT2D eigenvalue weighted by atomic mass is 127. The van der Waals surface area contributed by atoms with Crippen molar-refractivity contribution in [2.45, 2.75) is 77.9 Å². The van der Waals surface area contributed by atoms with Gasteiger partial charge in [0.15, 0.2) is 8.32 Å². The van der Waals surface area contributed by atoms with E-state index in [-0.39, 0.29) is 11.0 Å². The number of ether oxygens (including phenoxy) is 1. The topological polar surface area (TPSA) is 38.8 Å². The molecule has 1 aromatic rings. The Hall–Kier alpha value is -0.223. The fraction of sp³-hybridized carbons (Fsp3) is 0.731. The molecule has 1 aromatic heterocycles. The second-order valence-corrected chi connectivity index (χ2v) is 19.1. The molecule has 186 valence electrons. The van der Waals surface area contributed by atoms with Crippen molar-refractivity contribution in [3.05, 3.63) is 25.0 Å². The molecule has 1 fully saturated rings. The molecule has 0 radical (unpaired) electrons. The number of nitrogens with zero attached hydrogens (tertiary/aromatic N) is 1. The highest BCUT2D eigenvalue weighted by molar-refractivity contribution is 14.1. The first kappa shape index (κ1) is 27.4. The molecule has 1 saturated carbocycles. The van der Waals surface area contributed by atoms with Gasteiger partial charge in [-0.3, -0.25) is 4.90 Å². The maximum absolute atomic E-state index is 12.6. The molecule has 0 spiro atoms. The van der Waals surface area contributed by atoms with Crippen LogP contribution in [-0.4, -0.2) is 52.5 Å². The second kappa shape index (κ2) is 11.2. The van der Waals surface area contributed by atoms with E-state index in [1.54, 1.807) is 16.9 Å². The molecule has 0 bridgehead atoms. The Kier molecular flexibility index (Phi) is 9.31. The Balaban J connectivity index is 1.83. The zero-order valence-corrected chi connectivity index (χ0v) is 25.5. The van der Waals surface area contributed by atoms with Crippen LogP contribution in [-0.2, 0) is 9.16 Å². The molecular weight excluding hydrogens is 561 g/mol. The minimum absolute atomic E-state index is 0.208. The van der Waals surface area contributed by atoms with E-state index >= 15 is 0 Å². The molecule has 4 nitrogen and oxygen atoms in total. The predicted molar refractivity (Wildman–Crippen MR) is 151 cm³/mol. The van der Waals surface area contributed by atoms with E-state index in [9.17, 15) is 4.79 Å². The van der Waals surface area contributed by atoms with Crippen LogP contribution in [0.4, 0.5) is 0 Å². The van der Waals surface area contributed by atoms with Gasteiger partial charge in [0, 0.05) is 31.8 Å². The standard InChI is InChI=1S/C26H42INO3SSi/c1-18-8-10-19(11-9-18)20-12-13-28(14-15-31-33(6,7)26(2,3)4)17-22(20)21-16-23(27)32-24(21)25(29)30-5/h16,18-19H,8-15,17H2,1-7H3. The molecule has 0 amide bonds. The van der Waals surface area contributed by atoms with E-state index in [2.05, 4.69) is 74.3 Å². The number of hydrogen-bond donors (Lipinski definition) is 0. The lowest BCUT2D eigenvalue weighted by atomic mass is 9.75. The number of hydrogen-bond acceptors (Lipinski definition) is 5. The lowest BCUT2D eigenvalue weighted by molar-refractivity contribution is 0.0606. The van der Waals surface area contributed by atoms with E-state index in [4.69, 9.17) is 9.16 Å². The van der Waals surface area contributed by atoms with E-state index in [1.807, 2.05) is 0 Å². The highest BCUT2D eigenvalue weighted by Gasteiger charge is 2.37. The van der Waals surface area contributed by atoms with Gasteiger partial charge in [-0.25, -0.2) is 4.79 Å². The minimum Gasteiger partial charge on any atom is -0.465 e. The monoisotopic (exact) mass is 603 g/mol. The summed E-state index contributed by atoms with van der Waals surface area (Å²) < 4.78 is 12.8. The molecule has 0 unspecified atom stereocenters. The Morgan fingerprint density at radius 1 is 1.24 bits per heavy atom. The number of halogens is 1. The van der Waals surface area contributed by atoms with Crippen molar-refractivity contribution in [3.63, 3.8) is 0 Å². The van der Waals surface area contributed by atoms with Crippen LogP contribution in [0, 0.1) is 14.7 Å². The zero-order valence-electron chi connectivity index (χ0n) is 21.6. The first-order chi connectivity index (χ1) is 15.4.